The minimum atomic E-state index is 0.426. The standard InChI is InChI=1S/C15H16BrClN2S/c1-10(2)18-9-12-13(17)4-3-5-14(12)20-15-7-6-11(16)8-19-15/h3-8,10,18H,9H2,1-2H3. The second-order valence-corrected chi connectivity index (χ2v) is 7.05. The molecule has 0 aliphatic carbocycles. The van der Waals surface area contributed by atoms with Crippen LogP contribution in [0.15, 0.2) is 50.9 Å². The summed E-state index contributed by atoms with van der Waals surface area (Å²) in [6, 6.07) is 10.4. The van der Waals surface area contributed by atoms with Gasteiger partial charge < -0.3 is 5.32 Å². The number of halogens is 2. The zero-order valence-electron chi connectivity index (χ0n) is 11.4. The van der Waals surface area contributed by atoms with Crippen LogP contribution in [0.2, 0.25) is 5.02 Å². The van der Waals surface area contributed by atoms with Gasteiger partial charge in [0.15, 0.2) is 0 Å². The van der Waals surface area contributed by atoms with E-state index in [-0.39, 0.29) is 0 Å². The van der Waals surface area contributed by atoms with Gasteiger partial charge in [0.25, 0.3) is 0 Å². The smallest absolute Gasteiger partial charge is 0.101 e. The minimum Gasteiger partial charge on any atom is -0.310 e. The average molecular weight is 372 g/mol. The molecule has 5 heteroatoms. The number of rotatable bonds is 5. The molecule has 2 aromatic rings. The van der Waals surface area contributed by atoms with Crippen LogP contribution >= 0.6 is 39.3 Å². The van der Waals surface area contributed by atoms with E-state index < -0.39 is 0 Å². The summed E-state index contributed by atoms with van der Waals surface area (Å²) in [5.74, 6) is 0. The fourth-order valence-electron chi connectivity index (χ4n) is 1.65. The molecule has 1 aromatic carbocycles. The van der Waals surface area contributed by atoms with Crippen molar-refractivity contribution in [2.45, 2.75) is 36.4 Å². The van der Waals surface area contributed by atoms with Crippen molar-refractivity contribution in [2.75, 3.05) is 0 Å². The molecule has 0 aliphatic rings. The molecule has 0 spiro atoms. The van der Waals surface area contributed by atoms with Crippen molar-refractivity contribution < 1.29 is 0 Å². The number of nitrogens with one attached hydrogen (secondary N) is 1. The first kappa shape index (κ1) is 15.8. The summed E-state index contributed by atoms with van der Waals surface area (Å²) in [5, 5.41) is 5.16. The first-order valence-corrected chi connectivity index (χ1v) is 8.35. The van der Waals surface area contributed by atoms with E-state index in [2.05, 4.69) is 46.1 Å². The predicted octanol–water partition coefficient (Wildman–Crippen LogP) is 5.15. The topological polar surface area (TPSA) is 24.9 Å². The van der Waals surface area contributed by atoms with Crippen molar-refractivity contribution in [1.29, 1.82) is 0 Å². The van der Waals surface area contributed by atoms with Gasteiger partial charge in [-0.15, -0.1) is 0 Å². The molecule has 106 valence electrons. The molecule has 1 aromatic heterocycles. The molecule has 0 atom stereocenters. The summed E-state index contributed by atoms with van der Waals surface area (Å²) in [6.45, 7) is 5.01. The maximum absolute atomic E-state index is 6.32. The Morgan fingerprint density at radius 1 is 1.30 bits per heavy atom. The molecule has 1 N–H and O–H groups in total. The number of hydrogen-bond acceptors (Lipinski definition) is 3. The number of hydrogen-bond donors (Lipinski definition) is 1. The summed E-state index contributed by atoms with van der Waals surface area (Å²) in [6.07, 6.45) is 1.80. The van der Waals surface area contributed by atoms with Crippen LogP contribution in [0.5, 0.6) is 0 Å². The van der Waals surface area contributed by atoms with Gasteiger partial charge in [0.2, 0.25) is 0 Å². The molecule has 0 amide bonds. The molecule has 0 saturated carbocycles. The Hall–Kier alpha value is -0.550. The van der Waals surface area contributed by atoms with E-state index in [0.29, 0.717) is 6.04 Å². The zero-order chi connectivity index (χ0) is 14.5. The lowest BCUT2D eigenvalue weighted by atomic mass is 10.2. The molecule has 0 unspecified atom stereocenters. The first-order valence-electron chi connectivity index (χ1n) is 6.36. The van der Waals surface area contributed by atoms with Crippen LogP contribution in [0.1, 0.15) is 19.4 Å². The molecule has 0 aliphatic heterocycles. The fourth-order valence-corrected chi connectivity index (χ4v) is 3.10. The van der Waals surface area contributed by atoms with Gasteiger partial charge in [0, 0.05) is 33.2 Å². The van der Waals surface area contributed by atoms with Crippen molar-refractivity contribution >= 4 is 39.3 Å². The molecule has 1 heterocycles. The lowest BCUT2D eigenvalue weighted by molar-refractivity contribution is 0.585. The number of pyridine rings is 1. The third-order valence-corrected chi connectivity index (χ3v) is 4.55. The third kappa shape index (κ3) is 4.48. The van der Waals surface area contributed by atoms with E-state index in [1.165, 1.54) is 0 Å². The van der Waals surface area contributed by atoms with Crippen molar-refractivity contribution in [3.63, 3.8) is 0 Å². The number of nitrogens with zero attached hydrogens (tertiary/aromatic N) is 1. The summed E-state index contributed by atoms with van der Waals surface area (Å²) >= 11 is 11.4. The van der Waals surface area contributed by atoms with E-state index in [1.54, 1.807) is 18.0 Å². The number of aromatic nitrogens is 1. The molecule has 2 nitrogen and oxygen atoms in total. The summed E-state index contributed by atoms with van der Waals surface area (Å²) in [5.41, 5.74) is 1.12. The van der Waals surface area contributed by atoms with E-state index in [0.717, 1.165) is 31.5 Å². The Morgan fingerprint density at radius 2 is 2.10 bits per heavy atom. The minimum absolute atomic E-state index is 0.426. The Balaban J connectivity index is 2.22. The molecule has 0 saturated heterocycles. The molecular weight excluding hydrogens is 356 g/mol. The highest BCUT2D eigenvalue weighted by Crippen LogP contribution is 2.33. The molecular formula is C15H16BrClN2S. The lowest BCUT2D eigenvalue weighted by Crippen LogP contribution is -2.22. The average Bonchev–Trinajstić information content (AvgIpc) is 2.40. The maximum atomic E-state index is 6.32. The van der Waals surface area contributed by atoms with E-state index in [9.17, 15) is 0 Å². The summed E-state index contributed by atoms with van der Waals surface area (Å²) < 4.78 is 0.981. The van der Waals surface area contributed by atoms with Gasteiger partial charge in [-0.25, -0.2) is 4.98 Å². The van der Waals surface area contributed by atoms with Crippen LogP contribution in [0.4, 0.5) is 0 Å². The van der Waals surface area contributed by atoms with Gasteiger partial charge in [0.1, 0.15) is 5.03 Å². The summed E-state index contributed by atoms with van der Waals surface area (Å²) in [7, 11) is 0. The Bertz CT molecular complexity index is 573. The van der Waals surface area contributed by atoms with E-state index >= 15 is 0 Å². The second-order valence-electron chi connectivity index (χ2n) is 4.67. The Labute approximate surface area is 137 Å². The maximum Gasteiger partial charge on any atom is 0.101 e. The monoisotopic (exact) mass is 370 g/mol. The molecule has 0 radical (unpaired) electrons. The van der Waals surface area contributed by atoms with Gasteiger partial charge >= 0.3 is 0 Å². The molecule has 0 bridgehead atoms. The van der Waals surface area contributed by atoms with Crippen LogP contribution in [0.3, 0.4) is 0 Å². The van der Waals surface area contributed by atoms with Gasteiger partial charge in [-0.1, -0.05) is 43.3 Å². The lowest BCUT2D eigenvalue weighted by Gasteiger charge is -2.13. The summed E-state index contributed by atoms with van der Waals surface area (Å²) in [4.78, 5) is 5.53. The quantitative estimate of drug-likeness (QED) is 0.787. The van der Waals surface area contributed by atoms with Gasteiger partial charge in [-0.05, 0) is 45.8 Å². The van der Waals surface area contributed by atoms with Crippen molar-refractivity contribution in [3.8, 4) is 0 Å². The second kappa shape index (κ2) is 7.46. The van der Waals surface area contributed by atoms with Crippen LogP contribution in [-0.4, -0.2) is 11.0 Å². The highest BCUT2D eigenvalue weighted by Gasteiger charge is 2.09. The van der Waals surface area contributed by atoms with E-state index in [4.69, 9.17) is 11.6 Å². The highest BCUT2D eigenvalue weighted by atomic mass is 79.9. The van der Waals surface area contributed by atoms with Crippen molar-refractivity contribution in [3.05, 3.63) is 51.6 Å². The van der Waals surface area contributed by atoms with Crippen molar-refractivity contribution in [1.82, 2.24) is 10.3 Å². The SMILES string of the molecule is CC(C)NCc1c(Cl)cccc1Sc1ccc(Br)cn1. The largest absolute Gasteiger partial charge is 0.310 e. The van der Waals surface area contributed by atoms with Gasteiger partial charge in [-0.3, -0.25) is 0 Å². The number of benzene rings is 1. The Kier molecular flexibility index (Phi) is 5.90. The third-order valence-electron chi connectivity index (χ3n) is 2.68. The van der Waals surface area contributed by atoms with Gasteiger partial charge in [-0.2, -0.15) is 0 Å². The molecule has 2 rings (SSSR count). The zero-order valence-corrected chi connectivity index (χ0v) is 14.5. The van der Waals surface area contributed by atoms with Crippen LogP contribution in [-0.2, 0) is 6.54 Å². The normalized spacial score (nSPS) is 11.1. The Morgan fingerprint density at radius 3 is 2.75 bits per heavy atom. The fraction of sp³-hybridized carbons (Fsp3) is 0.267. The predicted molar refractivity (Wildman–Crippen MR) is 89.5 cm³/mol. The van der Waals surface area contributed by atoms with Crippen LogP contribution in [0.25, 0.3) is 0 Å². The molecule has 0 fully saturated rings. The van der Waals surface area contributed by atoms with E-state index in [1.807, 2.05) is 24.3 Å². The van der Waals surface area contributed by atoms with Crippen LogP contribution < -0.4 is 5.32 Å². The first-order chi connectivity index (χ1) is 9.56. The van der Waals surface area contributed by atoms with Crippen molar-refractivity contribution in [2.24, 2.45) is 0 Å². The van der Waals surface area contributed by atoms with Gasteiger partial charge in [0.05, 0.1) is 0 Å². The molecule has 20 heavy (non-hydrogen) atoms. The highest BCUT2D eigenvalue weighted by molar-refractivity contribution is 9.10. The van der Waals surface area contributed by atoms with Crippen LogP contribution in [0, 0.1) is 0 Å².